The summed E-state index contributed by atoms with van der Waals surface area (Å²) in [6.45, 7) is 5.02. The third kappa shape index (κ3) is 1.43. The highest BCUT2D eigenvalue weighted by atomic mass is 19.4. The topological polar surface area (TPSA) is 37.8 Å². The maximum atomic E-state index is 12.5. The number of fused-ring (bicyclic) bond motifs is 5. The third-order valence-electron chi connectivity index (χ3n) is 5.46. The molecular formula is C13H17F3N2O. The van der Waals surface area contributed by atoms with Crippen molar-refractivity contribution in [3.05, 3.63) is 21.6 Å². The SMILES string of the molecule is CC1(C)C2CC[C@@]1(C)c1[nH]n(CC(F)(F)F)c(=O)c12. The molecule has 0 aromatic carbocycles. The number of aromatic nitrogens is 2. The highest BCUT2D eigenvalue weighted by molar-refractivity contribution is 5.44. The van der Waals surface area contributed by atoms with Crippen LogP contribution in [0.3, 0.4) is 0 Å². The van der Waals surface area contributed by atoms with E-state index in [-0.39, 0.29) is 16.7 Å². The molecule has 0 radical (unpaired) electrons. The summed E-state index contributed by atoms with van der Waals surface area (Å²) >= 11 is 0. The molecule has 2 aliphatic rings. The second-order valence-electron chi connectivity index (χ2n) is 6.55. The molecule has 0 saturated heterocycles. The van der Waals surface area contributed by atoms with Gasteiger partial charge in [0.25, 0.3) is 5.56 Å². The van der Waals surface area contributed by atoms with Crippen LogP contribution in [0.2, 0.25) is 0 Å². The molecule has 1 aromatic rings. The van der Waals surface area contributed by atoms with E-state index in [2.05, 4.69) is 18.9 Å². The van der Waals surface area contributed by atoms with Crippen molar-refractivity contribution in [1.82, 2.24) is 9.78 Å². The zero-order chi connectivity index (χ0) is 14.2. The van der Waals surface area contributed by atoms with Crippen molar-refractivity contribution in [2.45, 2.75) is 57.7 Å². The van der Waals surface area contributed by atoms with Gasteiger partial charge in [0.05, 0.1) is 0 Å². The number of rotatable bonds is 1. The third-order valence-corrected chi connectivity index (χ3v) is 5.46. The van der Waals surface area contributed by atoms with Crippen LogP contribution in [0.4, 0.5) is 13.2 Å². The van der Waals surface area contributed by atoms with Gasteiger partial charge in [-0.1, -0.05) is 20.8 Å². The van der Waals surface area contributed by atoms with E-state index in [1.807, 2.05) is 6.92 Å². The van der Waals surface area contributed by atoms with Gasteiger partial charge in [0.2, 0.25) is 0 Å². The molecule has 0 amide bonds. The van der Waals surface area contributed by atoms with Crippen molar-refractivity contribution in [3.63, 3.8) is 0 Å². The fourth-order valence-electron chi connectivity index (χ4n) is 3.99. The number of alkyl halides is 3. The van der Waals surface area contributed by atoms with E-state index in [1.54, 1.807) is 0 Å². The summed E-state index contributed by atoms with van der Waals surface area (Å²) in [5.74, 6) is 0.0748. The summed E-state index contributed by atoms with van der Waals surface area (Å²) in [6.07, 6.45) is -2.57. The Morgan fingerprint density at radius 2 is 2.00 bits per heavy atom. The van der Waals surface area contributed by atoms with E-state index in [0.29, 0.717) is 5.56 Å². The summed E-state index contributed by atoms with van der Waals surface area (Å²) in [5, 5.41) is 2.73. The van der Waals surface area contributed by atoms with Crippen LogP contribution < -0.4 is 5.56 Å². The molecular weight excluding hydrogens is 257 g/mol. The van der Waals surface area contributed by atoms with Crippen LogP contribution in [-0.2, 0) is 12.0 Å². The minimum atomic E-state index is -4.38. The molecule has 1 N–H and O–H groups in total. The first-order valence-corrected chi connectivity index (χ1v) is 6.48. The summed E-state index contributed by atoms with van der Waals surface area (Å²) in [4.78, 5) is 12.2. The summed E-state index contributed by atoms with van der Waals surface area (Å²) in [6, 6.07) is 0. The standard InChI is InChI=1S/C13H17F3N2O/c1-11(2)7-4-5-12(11,3)9-8(7)10(19)18(17-9)6-13(14,15)16/h7,17H,4-6H2,1-3H3/t7?,12-/m0/s1. The molecule has 0 aliphatic heterocycles. The Hall–Kier alpha value is -1.20. The molecule has 0 spiro atoms. The monoisotopic (exact) mass is 274 g/mol. The highest BCUT2D eigenvalue weighted by Gasteiger charge is 2.62. The lowest BCUT2D eigenvalue weighted by molar-refractivity contribution is -0.143. The normalized spacial score (nSPS) is 31.8. The van der Waals surface area contributed by atoms with Gasteiger partial charge in [-0.2, -0.15) is 13.2 Å². The van der Waals surface area contributed by atoms with Crippen molar-refractivity contribution in [3.8, 4) is 0 Å². The van der Waals surface area contributed by atoms with Crippen LogP contribution in [-0.4, -0.2) is 16.0 Å². The number of nitrogens with one attached hydrogen (secondary N) is 1. The van der Waals surface area contributed by atoms with Gasteiger partial charge in [-0.25, -0.2) is 4.68 Å². The zero-order valence-corrected chi connectivity index (χ0v) is 11.2. The second kappa shape index (κ2) is 3.27. The smallest absolute Gasteiger partial charge is 0.299 e. The molecule has 19 heavy (non-hydrogen) atoms. The molecule has 106 valence electrons. The Labute approximate surface area is 108 Å². The number of hydrogen-bond donors (Lipinski definition) is 1. The first-order chi connectivity index (χ1) is 8.58. The summed E-state index contributed by atoms with van der Waals surface area (Å²) in [7, 11) is 0. The lowest BCUT2D eigenvalue weighted by atomic mass is 9.70. The lowest BCUT2D eigenvalue weighted by Crippen LogP contribution is -2.34. The Morgan fingerprint density at radius 3 is 2.53 bits per heavy atom. The highest BCUT2D eigenvalue weighted by Crippen LogP contribution is 2.66. The van der Waals surface area contributed by atoms with E-state index in [9.17, 15) is 18.0 Å². The van der Waals surface area contributed by atoms with Crippen molar-refractivity contribution in [1.29, 1.82) is 0 Å². The van der Waals surface area contributed by atoms with Crippen LogP contribution in [0.15, 0.2) is 4.79 Å². The van der Waals surface area contributed by atoms with Crippen molar-refractivity contribution < 1.29 is 13.2 Å². The Kier molecular flexibility index (Phi) is 2.21. The maximum Gasteiger partial charge on any atom is 0.408 e. The largest absolute Gasteiger partial charge is 0.408 e. The molecule has 1 aromatic heterocycles. The van der Waals surface area contributed by atoms with Gasteiger partial charge in [-0.15, -0.1) is 0 Å². The van der Waals surface area contributed by atoms with Crippen molar-refractivity contribution >= 4 is 0 Å². The Bertz CT molecular complexity index is 596. The minimum Gasteiger partial charge on any atom is -0.299 e. The lowest BCUT2D eigenvalue weighted by Gasteiger charge is -2.34. The van der Waals surface area contributed by atoms with E-state index in [4.69, 9.17) is 0 Å². The van der Waals surface area contributed by atoms with E-state index >= 15 is 0 Å². The van der Waals surface area contributed by atoms with E-state index in [0.717, 1.165) is 23.2 Å². The van der Waals surface area contributed by atoms with Gasteiger partial charge in [0, 0.05) is 16.7 Å². The number of nitrogens with zero attached hydrogens (tertiary/aromatic N) is 1. The molecule has 1 unspecified atom stereocenters. The molecule has 6 heteroatoms. The molecule has 1 heterocycles. The van der Waals surface area contributed by atoms with Gasteiger partial charge >= 0.3 is 6.18 Å². The number of aromatic amines is 1. The predicted molar refractivity (Wildman–Crippen MR) is 64.2 cm³/mol. The quantitative estimate of drug-likeness (QED) is 0.840. The van der Waals surface area contributed by atoms with Crippen molar-refractivity contribution in [2.24, 2.45) is 5.41 Å². The zero-order valence-electron chi connectivity index (χ0n) is 11.2. The summed E-state index contributed by atoms with van der Waals surface area (Å²) in [5.41, 5.74) is 0.535. The van der Waals surface area contributed by atoms with Gasteiger partial charge in [-0.05, 0) is 24.2 Å². The number of hydrogen-bond acceptors (Lipinski definition) is 1. The van der Waals surface area contributed by atoms with Gasteiger partial charge in [0.1, 0.15) is 6.54 Å². The maximum absolute atomic E-state index is 12.5. The second-order valence-corrected chi connectivity index (χ2v) is 6.55. The fourth-order valence-corrected chi connectivity index (χ4v) is 3.99. The molecule has 2 aliphatic carbocycles. The molecule has 3 rings (SSSR count). The average Bonchev–Trinajstić information content (AvgIpc) is 2.72. The van der Waals surface area contributed by atoms with Gasteiger partial charge in [0.15, 0.2) is 0 Å². The first kappa shape index (κ1) is 12.8. The fraction of sp³-hybridized carbons (Fsp3) is 0.769. The van der Waals surface area contributed by atoms with Gasteiger partial charge in [-0.3, -0.25) is 9.89 Å². The molecule has 2 atom stereocenters. The minimum absolute atomic E-state index is 0.0648. The van der Waals surface area contributed by atoms with Crippen molar-refractivity contribution in [2.75, 3.05) is 0 Å². The van der Waals surface area contributed by atoms with Crippen LogP contribution in [0.1, 0.15) is 50.8 Å². The first-order valence-electron chi connectivity index (χ1n) is 6.48. The Morgan fingerprint density at radius 1 is 1.37 bits per heavy atom. The molecule has 2 bridgehead atoms. The van der Waals surface area contributed by atoms with Crippen LogP contribution >= 0.6 is 0 Å². The number of H-pyrrole nitrogens is 1. The van der Waals surface area contributed by atoms with Crippen LogP contribution in [0, 0.1) is 5.41 Å². The van der Waals surface area contributed by atoms with Gasteiger partial charge < -0.3 is 0 Å². The Balaban J connectivity index is 2.13. The van der Waals surface area contributed by atoms with E-state index < -0.39 is 18.3 Å². The van der Waals surface area contributed by atoms with E-state index in [1.165, 1.54) is 0 Å². The average molecular weight is 274 g/mol. The molecule has 1 fully saturated rings. The summed E-state index contributed by atoms with van der Waals surface area (Å²) < 4.78 is 38.1. The predicted octanol–water partition coefficient (Wildman–Crippen LogP) is 2.91. The number of halogens is 3. The molecule has 3 nitrogen and oxygen atoms in total. The van der Waals surface area contributed by atoms with Crippen LogP contribution in [0.5, 0.6) is 0 Å². The van der Waals surface area contributed by atoms with Crippen LogP contribution in [0.25, 0.3) is 0 Å². The molecule has 1 saturated carbocycles.